The van der Waals surface area contributed by atoms with Gasteiger partial charge in [0.05, 0.1) is 20.8 Å². The number of hydrogen-bond acceptors (Lipinski definition) is 5. The Morgan fingerprint density at radius 2 is 1.77 bits per heavy atom. The van der Waals surface area contributed by atoms with E-state index < -0.39 is 11.9 Å². The van der Waals surface area contributed by atoms with Gasteiger partial charge in [0.15, 0.2) is 5.78 Å². The first-order chi connectivity index (χ1) is 14.5. The topological polar surface area (TPSA) is 61.8 Å². The number of carbonyl (C=O) groups is 2. The van der Waals surface area contributed by atoms with Crippen LogP contribution in [0.15, 0.2) is 48.5 Å². The van der Waals surface area contributed by atoms with E-state index in [1.54, 1.807) is 33.3 Å². The summed E-state index contributed by atoms with van der Waals surface area (Å²) in [7, 11) is 3.18. The predicted octanol–water partition coefficient (Wildman–Crippen LogP) is 4.59. The van der Waals surface area contributed by atoms with Crippen LogP contribution in [0.2, 0.25) is 0 Å². The molecule has 2 aromatic carbocycles. The zero-order valence-electron chi connectivity index (χ0n) is 17.9. The van der Waals surface area contributed by atoms with Crippen molar-refractivity contribution >= 4 is 17.3 Å². The molecule has 3 rings (SSSR count). The van der Waals surface area contributed by atoms with E-state index in [-0.39, 0.29) is 18.3 Å². The maximum Gasteiger partial charge on any atom is 0.317 e. The molecule has 0 spiro atoms. The lowest BCUT2D eigenvalue weighted by molar-refractivity contribution is -0.151. The predicted molar refractivity (Wildman–Crippen MR) is 116 cm³/mol. The van der Waals surface area contributed by atoms with E-state index >= 15 is 0 Å². The molecule has 0 unspecified atom stereocenters. The smallest absolute Gasteiger partial charge is 0.317 e. The Morgan fingerprint density at radius 1 is 1.03 bits per heavy atom. The minimum atomic E-state index is -0.842. The lowest BCUT2D eigenvalue weighted by Gasteiger charge is -2.30. The third-order valence-electron chi connectivity index (χ3n) is 5.58. The summed E-state index contributed by atoms with van der Waals surface area (Å²) in [4.78, 5) is 25.7. The second-order valence-corrected chi connectivity index (χ2v) is 7.27. The highest BCUT2D eigenvalue weighted by Gasteiger charge is 2.40. The standard InChI is InChI=1S/C25H28O5/c1-5-16-7-9-17(10-8-16)21-13-18(14-22(26)24(21)25(27)30-6-2)20-12-11-19(28-3)15-23(20)29-4/h7-12,14-15,21,24H,5-6,13H2,1-4H3/t21-,24-/m0/s1. The Kier molecular flexibility index (Phi) is 6.93. The number of aryl methyl sites for hydroxylation is 1. The molecule has 0 saturated carbocycles. The maximum absolute atomic E-state index is 13.1. The number of allylic oxidation sites excluding steroid dienone is 2. The van der Waals surface area contributed by atoms with Gasteiger partial charge in [0.1, 0.15) is 17.4 Å². The molecule has 1 aliphatic rings. The normalized spacial score (nSPS) is 18.5. The van der Waals surface area contributed by atoms with Crippen LogP contribution in [0.25, 0.3) is 5.57 Å². The van der Waals surface area contributed by atoms with Gasteiger partial charge >= 0.3 is 5.97 Å². The molecule has 0 aliphatic heterocycles. The fraction of sp³-hybridized carbons (Fsp3) is 0.360. The summed E-state index contributed by atoms with van der Waals surface area (Å²) in [6, 6.07) is 13.6. The van der Waals surface area contributed by atoms with Crippen molar-refractivity contribution in [2.75, 3.05) is 20.8 Å². The molecular weight excluding hydrogens is 380 g/mol. The number of benzene rings is 2. The summed E-state index contributed by atoms with van der Waals surface area (Å²) in [5, 5.41) is 0. The van der Waals surface area contributed by atoms with Gasteiger partial charge in [0, 0.05) is 17.5 Å². The van der Waals surface area contributed by atoms with Crippen LogP contribution in [0.3, 0.4) is 0 Å². The molecule has 0 saturated heterocycles. The van der Waals surface area contributed by atoms with Crippen LogP contribution in [0, 0.1) is 5.92 Å². The molecule has 1 aliphatic carbocycles. The van der Waals surface area contributed by atoms with Crippen molar-refractivity contribution in [2.45, 2.75) is 32.6 Å². The zero-order chi connectivity index (χ0) is 21.7. The van der Waals surface area contributed by atoms with Crippen molar-refractivity contribution in [2.24, 2.45) is 5.92 Å². The molecule has 0 amide bonds. The Bertz CT molecular complexity index is 943. The number of methoxy groups -OCH3 is 2. The second-order valence-electron chi connectivity index (χ2n) is 7.27. The molecule has 0 bridgehead atoms. The average Bonchev–Trinajstić information content (AvgIpc) is 2.78. The number of ether oxygens (including phenoxy) is 3. The molecule has 5 heteroatoms. The molecule has 5 nitrogen and oxygen atoms in total. The first-order valence-electron chi connectivity index (χ1n) is 10.2. The van der Waals surface area contributed by atoms with Gasteiger partial charge in [0.25, 0.3) is 0 Å². The van der Waals surface area contributed by atoms with Crippen molar-refractivity contribution in [3.05, 3.63) is 65.2 Å². The number of ketones is 1. The summed E-state index contributed by atoms with van der Waals surface area (Å²) < 4.78 is 16.1. The van der Waals surface area contributed by atoms with Crippen LogP contribution in [-0.4, -0.2) is 32.6 Å². The number of carbonyl (C=O) groups excluding carboxylic acids is 2. The molecule has 0 heterocycles. The van der Waals surface area contributed by atoms with Crippen molar-refractivity contribution in [1.82, 2.24) is 0 Å². The third-order valence-corrected chi connectivity index (χ3v) is 5.58. The molecule has 30 heavy (non-hydrogen) atoms. The summed E-state index contributed by atoms with van der Waals surface area (Å²) >= 11 is 0. The Hall–Kier alpha value is -3.08. The van der Waals surface area contributed by atoms with Crippen molar-refractivity contribution in [3.8, 4) is 11.5 Å². The first-order valence-corrected chi connectivity index (χ1v) is 10.2. The summed E-state index contributed by atoms with van der Waals surface area (Å²) in [6.45, 7) is 4.09. The Morgan fingerprint density at radius 3 is 2.37 bits per heavy atom. The quantitative estimate of drug-likeness (QED) is 0.495. The highest BCUT2D eigenvalue weighted by atomic mass is 16.5. The van der Waals surface area contributed by atoms with Crippen LogP contribution in [0.4, 0.5) is 0 Å². The number of rotatable bonds is 7. The van der Waals surface area contributed by atoms with Gasteiger partial charge < -0.3 is 14.2 Å². The van der Waals surface area contributed by atoms with E-state index in [1.165, 1.54) is 5.56 Å². The molecule has 158 valence electrons. The van der Waals surface area contributed by atoms with Crippen molar-refractivity contribution in [1.29, 1.82) is 0 Å². The summed E-state index contributed by atoms with van der Waals surface area (Å²) in [5.41, 5.74) is 3.83. The van der Waals surface area contributed by atoms with Crippen LogP contribution in [0.5, 0.6) is 11.5 Å². The van der Waals surface area contributed by atoms with E-state index in [9.17, 15) is 9.59 Å². The van der Waals surface area contributed by atoms with E-state index in [2.05, 4.69) is 6.92 Å². The van der Waals surface area contributed by atoms with Gasteiger partial charge in [0.2, 0.25) is 0 Å². The van der Waals surface area contributed by atoms with E-state index in [1.807, 2.05) is 36.4 Å². The largest absolute Gasteiger partial charge is 0.497 e. The molecule has 0 N–H and O–H groups in total. The van der Waals surface area contributed by atoms with Gasteiger partial charge in [-0.3, -0.25) is 9.59 Å². The van der Waals surface area contributed by atoms with Crippen LogP contribution in [0.1, 0.15) is 42.9 Å². The highest BCUT2D eigenvalue weighted by molar-refractivity contribution is 6.11. The molecular formula is C25H28O5. The highest BCUT2D eigenvalue weighted by Crippen LogP contribution is 2.43. The minimum absolute atomic E-state index is 0.239. The monoisotopic (exact) mass is 408 g/mol. The molecule has 2 atom stereocenters. The second kappa shape index (κ2) is 9.61. The zero-order valence-corrected chi connectivity index (χ0v) is 17.9. The maximum atomic E-state index is 13.1. The first kappa shape index (κ1) is 21.6. The van der Waals surface area contributed by atoms with Gasteiger partial charge in [-0.1, -0.05) is 31.2 Å². The fourth-order valence-corrected chi connectivity index (χ4v) is 3.95. The molecule has 0 fully saturated rings. The van der Waals surface area contributed by atoms with E-state index in [0.717, 1.165) is 23.1 Å². The lowest BCUT2D eigenvalue weighted by Crippen LogP contribution is -2.34. The Balaban J connectivity index is 2.04. The minimum Gasteiger partial charge on any atom is -0.497 e. The van der Waals surface area contributed by atoms with Gasteiger partial charge in [-0.25, -0.2) is 0 Å². The molecule has 0 aromatic heterocycles. The number of hydrogen-bond donors (Lipinski definition) is 0. The van der Waals surface area contributed by atoms with Gasteiger partial charge in [-0.05, 0) is 54.7 Å². The number of esters is 1. The average molecular weight is 408 g/mol. The molecule has 0 radical (unpaired) electrons. The van der Waals surface area contributed by atoms with Crippen molar-refractivity contribution < 1.29 is 23.8 Å². The SMILES string of the molecule is CCOC(=O)[C@@H]1C(=O)C=C(c2ccc(OC)cc2OC)C[C@H]1c1ccc(CC)cc1. The van der Waals surface area contributed by atoms with Crippen molar-refractivity contribution in [3.63, 3.8) is 0 Å². The van der Waals surface area contributed by atoms with Gasteiger partial charge in [-0.15, -0.1) is 0 Å². The summed E-state index contributed by atoms with van der Waals surface area (Å²) in [6.07, 6.45) is 3.02. The van der Waals surface area contributed by atoms with Gasteiger partial charge in [-0.2, -0.15) is 0 Å². The third kappa shape index (κ3) is 4.40. The van der Waals surface area contributed by atoms with Crippen LogP contribution >= 0.6 is 0 Å². The fourth-order valence-electron chi connectivity index (χ4n) is 3.95. The summed E-state index contributed by atoms with van der Waals surface area (Å²) in [5.74, 6) is -0.543. The van der Waals surface area contributed by atoms with E-state index in [4.69, 9.17) is 14.2 Å². The Labute approximate surface area is 177 Å². The van der Waals surface area contributed by atoms with Crippen LogP contribution < -0.4 is 9.47 Å². The molecule has 2 aromatic rings. The van der Waals surface area contributed by atoms with Crippen LogP contribution in [-0.2, 0) is 20.7 Å². The lowest BCUT2D eigenvalue weighted by atomic mass is 9.73. The van der Waals surface area contributed by atoms with E-state index in [0.29, 0.717) is 17.9 Å².